The number of hydrogen-bond acceptors (Lipinski definition) is 4. The zero-order valence-electron chi connectivity index (χ0n) is 18.2. The summed E-state index contributed by atoms with van der Waals surface area (Å²) in [7, 11) is 0. The van der Waals surface area contributed by atoms with E-state index in [4.69, 9.17) is 4.42 Å². The zero-order valence-corrected chi connectivity index (χ0v) is 18.2. The van der Waals surface area contributed by atoms with Crippen molar-refractivity contribution in [1.82, 2.24) is 10.6 Å². The van der Waals surface area contributed by atoms with Gasteiger partial charge in [0, 0.05) is 35.9 Å². The first-order valence-electron chi connectivity index (χ1n) is 10.5. The highest BCUT2D eigenvalue weighted by molar-refractivity contribution is 5.95. The monoisotopic (exact) mass is 419 g/mol. The number of carbonyl (C=O) groups excluding carboxylic acids is 2. The molecule has 2 aromatic carbocycles. The van der Waals surface area contributed by atoms with Crippen LogP contribution < -0.4 is 15.5 Å². The fourth-order valence-corrected chi connectivity index (χ4v) is 3.44. The van der Waals surface area contributed by atoms with Gasteiger partial charge in [-0.25, -0.2) is 0 Å². The molecule has 3 rings (SSSR count). The highest BCUT2D eigenvalue weighted by Crippen LogP contribution is 2.18. The van der Waals surface area contributed by atoms with E-state index in [1.807, 2.05) is 36.4 Å². The standard InChI is InChI=1S/C25H29N3O3/c1-4-28(18(2)3)22-12-10-20(11-13-22)24(29)26-16-19-7-5-8-21(15-19)25(30)27-17-23-9-6-14-31-23/h5-15,18H,4,16-17H2,1-3H3,(H,26,29)(H,27,30). The third-order valence-electron chi connectivity index (χ3n) is 5.07. The Bertz CT molecular complexity index is 995. The molecule has 6 nitrogen and oxygen atoms in total. The van der Waals surface area contributed by atoms with Crippen molar-refractivity contribution in [1.29, 1.82) is 0 Å². The van der Waals surface area contributed by atoms with Gasteiger partial charge < -0.3 is 20.0 Å². The van der Waals surface area contributed by atoms with Crippen molar-refractivity contribution in [3.05, 3.63) is 89.4 Å². The number of nitrogens with zero attached hydrogens (tertiary/aromatic N) is 1. The summed E-state index contributed by atoms with van der Waals surface area (Å²) in [6.45, 7) is 7.99. The van der Waals surface area contributed by atoms with Gasteiger partial charge in [0.05, 0.1) is 12.8 Å². The van der Waals surface area contributed by atoms with E-state index in [2.05, 4.69) is 36.3 Å². The average Bonchev–Trinajstić information content (AvgIpc) is 3.30. The Kier molecular flexibility index (Phi) is 7.49. The molecule has 162 valence electrons. The van der Waals surface area contributed by atoms with Crippen molar-refractivity contribution in [3.8, 4) is 0 Å². The molecule has 3 aromatic rings. The fourth-order valence-electron chi connectivity index (χ4n) is 3.44. The van der Waals surface area contributed by atoms with Crippen LogP contribution in [0.2, 0.25) is 0 Å². The van der Waals surface area contributed by atoms with Crippen LogP contribution in [-0.4, -0.2) is 24.4 Å². The lowest BCUT2D eigenvalue weighted by molar-refractivity contribution is 0.0943. The maximum absolute atomic E-state index is 12.5. The lowest BCUT2D eigenvalue weighted by atomic mass is 10.1. The summed E-state index contributed by atoms with van der Waals surface area (Å²) in [6, 6.07) is 18.8. The first kappa shape index (κ1) is 22.2. The number of nitrogens with one attached hydrogen (secondary N) is 2. The third-order valence-corrected chi connectivity index (χ3v) is 5.07. The van der Waals surface area contributed by atoms with Gasteiger partial charge in [0.15, 0.2) is 0 Å². The molecular formula is C25H29N3O3. The SMILES string of the molecule is CCN(c1ccc(C(=O)NCc2cccc(C(=O)NCc3ccco3)c2)cc1)C(C)C. The Morgan fingerprint density at radius 1 is 0.903 bits per heavy atom. The van der Waals surface area contributed by atoms with E-state index in [1.165, 1.54) is 0 Å². The van der Waals surface area contributed by atoms with Crippen LogP contribution in [0.4, 0.5) is 5.69 Å². The van der Waals surface area contributed by atoms with Crippen LogP contribution in [-0.2, 0) is 13.1 Å². The summed E-state index contributed by atoms with van der Waals surface area (Å²) in [5, 5.41) is 5.74. The molecule has 2 amide bonds. The van der Waals surface area contributed by atoms with Gasteiger partial charge in [-0.2, -0.15) is 0 Å². The molecule has 0 saturated carbocycles. The zero-order chi connectivity index (χ0) is 22.2. The molecule has 0 fully saturated rings. The van der Waals surface area contributed by atoms with E-state index in [-0.39, 0.29) is 11.8 Å². The van der Waals surface area contributed by atoms with Gasteiger partial charge in [-0.1, -0.05) is 12.1 Å². The molecule has 2 N–H and O–H groups in total. The average molecular weight is 420 g/mol. The van der Waals surface area contributed by atoms with Crippen molar-refractivity contribution in [2.45, 2.75) is 39.9 Å². The molecule has 0 aliphatic rings. The predicted molar refractivity (Wildman–Crippen MR) is 122 cm³/mol. The second kappa shape index (κ2) is 10.5. The van der Waals surface area contributed by atoms with E-state index in [0.29, 0.717) is 36.0 Å². The fraction of sp³-hybridized carbons (Fsp3) is 0.280. The van der Waals surface area contributed by atoms with E-state index < -0.39 is 0 Å². The number of hydrogen-bond donors (Lipinski definition) is 2. The molecule has 0 bridgehead atoms. The third kappa shape index (κ3) is 5.98. The van der Waals surface area contributed by atoms with Gasteiger partial charge >= 0.3 is 0 Å². The maximum Gasteiger partial charge on any atom is 0.251 e. The van der Waals surface area contributed by atoms with Gasteiger partial charge in [0.1, 0.15) is 5.76 Å². The normalized spacial score (nSPS) is 10.7. The summed E-state index contributed by atoms with van der Waals surface area (Å²) in [5.74, 6) is 0.357. The minimum absolute atomic E-state index is 0.146. The smallest absolute Gasteiger partial charge is 0.251 e. The summed E-state index contributed by atoms with van der Waals surface area (Å²) >= 11 is 0. The van der Waals surface area contributed by atoms with Crippen molar-refractivity contribution >= 4 is 17.5 Å². The van der Waals surface area contributed by atoms with Gasteiger partial charge in [-0.05, 0) is 74.9 Å². The molecule has 1 aromatic heterocycles. The molecule has 31 heavy (non-hydrogen) atoms. The van der Waals surface area contributed by atoms with Crippen molar-refractivity contribution < 1.29 is 14.0 Å². The van der Waals surface area contributed by atoms with Crippen LogP contribution in [0.15, 0.2) is 71.3 Å². The number of rotatable bonds is 9. The van der Waals surface area contributed by atoms with Gasteiger partial charge in [-0.15, -0.1) is 0 Å². The van der Waals surface area contributed by atoms with Gasteiger partial charge in [0.2, 0.25) is 0 Å². The van der Waals surface area contributed by atoms with Crippen molar-refractivity contribution in [3.63, 3.8) is 0 Å². The van der Waals surface area contributed by atoms with Gasteiger partial charge in [-0.3, -0.25) is 9.59 Å². The predicted octanol–water partition coefficient (Wildman–Crippen LogP) is 4.37. The largest absolute Gasteiger partial charge is 0.467 e. The van der Waals surface area contributed by atoms with Crippen LogP contribution in [0.1, 0.15) is 52.8 Å². The molecule has 1 heterocycles. The highest BCUT2D eigenvalue weighted by Gasteiger charge is 2.11. The summed E-state index contributed by atoms with van der Waals surface area (Å²) in [6.07, 6.45) is 1.57. The Hall–Kier alpha value is -3.54. The number of anilines is 1. The van der Waals surface area contributed by atoms with Crippen LogP contribution in [0.25, 0.3) is 0 Å². The molecule has 6 heteroatoms. The van der Waals surface area contributed by atoms with Crippen LogP contribution in [0.5, 0.6) is 0 Å². The second-order valence-corrected chi connectivity index (χ2v) is 7.57. The number of furan rings is 1. The number of benzene rings is 2. The molecule has 0 unspecified atom stereocenters. The minimum Gasteiger partial charge on any atom is -0.467 e. The molecule has 0 atom stereocenters. The minimum atomic E-state index is -0.189. The van der Waals surface area contributed by atoms with Crippen molar-refractivity contribution in [2.24, 2.45) is 0 Å². The first-order valence-corrected chi connectivity index (χ1v) is 10.5. The highest BCUT2D eigenvalue weighted by atomic mass is 16.3. The topological polar surface area (TPSA) is 74.6 Å². The Balaban J connectivity index is 1.56. The molecular weight excluding hydrogens is 390 g/mol. The maximum atomic E-state index is 12.5. The van der Waals surface area contributed by atoms with E-state index >= 15 is 0 Å². The van der Waals surface area contributed by atoms with E-state index in [1.54, 1.807) is 30.5 Å². The Morgan fingerprint density at radius 2 is 1.61 bits per heavy atom. The number of carbonyl (C=O) groups is 2. The Labute approximate surface area is 183 Å². The van der Waals surface area contributed by atoms with Crippen molar-refractivity contribution in [2.75, 3.05) is 11.4 Å². The van der Waals surface area contributed by atoms with E-state index in [0.717, 1.165) is 17.8 Å². The first-order chi connectivity index (χ1) is 15.0. The van der Waals surface area contributed by atoms with E-state index in [9.17, 15) is 9.59 Å². The second-order valence-electron chi connectivity index (χ2n) is 7.57. The summed E-state index contributed by atoms with van der Waals surface area (Å²) < 4.78 is 5.22. The van der Waals surface area contributed by atoms with Crippen LogP contribution in [0, 0.1) is 0 Å². The summed E-state index contributed by atoms with van der Waals surface area (Å²) in [4.78, 5) is 27.2. The Morgan fingerprint density at radius 3 is 2.26 bits per heavy atom. The lowest BCUT2D eigenvalue weighted by Crippen LogP contribution is -2.30. The molecule has 0 aliphatic heterocycles. The molecule has 0 saturated heterocycles. The van der Waals surface area contributed by atoms with Gasteiger partial charge in [0.25, 0.3) is 11.8 Å². The quantitative estimate of drug-likeness (QED) is 0.540. The molecule has 0 spiro atoms. The van der Waals surface area contributed by atoms with Crippen LogP contribution >= 0.6 is 0 Å². The lowest BCUT2D eigenvalue weighted by Gasteiger charge is -2.27. The van der Waals surface area contributed by atoms with Crippen LogP contribution in [0.3, 0.4) is 0 Å². The molecule has 0 radical (unpaired) electrons. The summed E-state index contributed by atoms with van der Waals surface area (Å²) in [5.41, 5.74) is 3.10. The molecule has 0 aliphatic carbocycles. The number of amides is 2.